The van der Waals surface area contributed by atoms with Gasteiger partial charge < -0.3 is 23.9 Å². The first-order valence-electron chi connectivity index (χ1n) is 8.88. The third kappa shape index (κ3) is 4.72. The molecule has 154 valence electrons. The molecule has 1 aliphatic heterocycles. The fourth-order valence-electron chi connectivity index (χ4n) is 2.85. The predicted molar refractivity (Wildman–Crippen MR) is 98.0 cm³/mol. The summed E-state index contributed by atoms with van der Waals surface area (Å²) in [7, 11) is 0. The Balaban J connectivity index is 1.73. The lowest BCUT2D eigenvalue weighted by molar-refractivity contribution is -0.385. The number of esters is 1. The number of benzene rings is 1. The van der Waals surface area contributed by atoms with Crippen LogP contribution in [0.3, 0.4) is 0 Å². The lowest BCUT2D eigenvalue weighted by Crippen LogP contribution is -2.45. The zero-order valence-corrected chi connectivity index (χ0v) is 15.9. The first kappa shape index (κ1) is 20.3. The summed E-state index contributed by atoms with van der Waals surface area (Å²) in [5.74, 6) is -1.00. The molecular weight excluding hydrogens is 384 g/mol. The van der Waals surface area contributed by atoms with Gasteiger partial charge in [0, 0.05) is 23.3 Å². The number of ether oxygens (including phenoxy) is 3. The molecule has 1 N–H and O–H groups in total. The van der Waals surface area contributed by atoms with Crippen LogP contribution in [-0.2, 0) is 27.5 Å². The first-order valence-corrected chi connectivity index (χ1v) is 8.88. The van der Waals surface area contributed by atoms with E-state index in [0.29, 0.717) is 16.9 Å². The van der Waals surface area contributed by atoms with Crippen molar-refractivity contribution < 1.29 is 33.1 Å². The molecule has 1 aromatic carbocycles. The second-order valence-corrected chi connectivity index (χ2v) is 6.74. The highest BCUT2D eigenvalue weighted by Gasteiger charge is 2.28. The van der Waals surface area contributed by atoms with Crippen molar-refractivity contribution in [1.82, 2.24) is 5.32 Å². The Labute approximate surface area is 165 Å². The van der Waals surface area contributed by atoms with Gasteiger partial charge in [0.25, 0.3) is 11.6 Å². The van der Waals surface area contributed by atoms with Crippen molar-refractivity contribution >= 4 is 17.6 Å². The van der Waals surface area contributed by atoms with Crippen molar-refractivity contribution in [3.8, 4) is 5.75 Å². The number of nitro benzene ring substituents is 1. The topological polar surface area (TPSA) is 130 Å². The Morgan fingerprint density at radius 2 is 2.14 bits per heavy atom. The summed E-state index contributed by atoms with van der Waals surface area (Å²) in [6.45, 7) is 3.42. The third-order valence-electron chi connectivity index (χ3n) is 4.30. The van der Waals surface area contributed by atoms with Crippen LogP contribution in [-0.4, -0.2) is 29.6 Å². The number of nitro groups is 1. The largest absolute Gasteiger partial charge is 0.467 e. The Kier molecular flexibility index (Phi) is 6.13. The number of hydrogen-bond donors (Lipinski definition) is 1. The molecule has 2 heterocycles. The van der Waals surface area contributed by atoms with E-state index >= 15 is 0 Å². The van der Waals surface area contributed by atoms with E-state index in [1.807, 2.05) is 0 Å². The molecule has 0 saturated heterocycles. The van der Waals surface area contributed by atoms with Gasteiger partial charge in [0.15, 0.2) is 12.6 Å². The Bertz CT molecular complexity index is 907. The predicted octanol–water partition coefficient (Wildman–Crippen LogP) is 2.55. The first-order chi connectivity index (χ1) is 13.9. The number of nitrogens with zero attached hydrogens (tertiary/aromatic N) is 1. The minimum absolute atomic E-state index is 0.000416. The average Bonchev–Trinajstić information content (AvgIpc) is 3.24. The van der Waals surface area contributed by atoms with Gasteiger partial charge >= 0.3 is 5.97 Å². The fourth-order valence-corrected chi connectivity index (χ4v) is 2.85. The van der Waals surface area contributed by atoms with E-state index in [4.69, 9.17) is 18.6 Å². The zero-order valence-electron chi connectivity index (χ0n) is 15.9. The number of rotatable bonds is 7. The van der Waals surface area contributed by atoms with E-state index in [-0.39, 0.29) is 37.4 Å². The van der Waals surface area contributed by atoms with Gasteiger partial charge in [-0.15, -0.1) is 0 Å². The number of fused-ring (bicyclic) bond motifs is 1. The smallest absolute Gasteiger partial charge is 0.329 e. The standard InChI is InChI=1S/C19H20N2O8/c1-11(2)16(20-18(22)15-4-3-5-27-15)19(23)28-9-13-7-14(21(24)25)6-12-8-26-10-29-17(12)13/h3-7,11,16H,8-10H2,1-2H3,(H,20,22)/t16-/m0/s1. The van der Waals surface area contributed by atoms with Gasteiger partial charge in [0.1, 0.15) is 18.4 Å². The van der Waals surface area contributed by atoms with Crippen LogP contribution >= 0.6 is 0 Å². The fraction of sp³-hybridized carbons (Fsp3) is 0.368. The highest BCUT2D eigenvalue weighted by atomic mass is 16.7. The van der Waals surface area contributed by atoms with Gasteiger partial charge in [-0.3, -0.25) is 14.9 Å². The molecule has 0 spiro atoms. The van der Waals surface area contributed by atoms with E-state index in [1.54, 1.807) is 19.9 Å². The Morgan fingerprint density at radius 3 is 2.79 bits per heavy atom. The molecule has 29 heavy (non-hydrogen) atoms. The number of non-ortho nitro benzene ring substituents is 1. The SMILES string of the molecule is CC(C)[C@H](NC(=O)c1ccco1)C(=O)OCc1cc([N+](=O)[O-])cc2c1OCOC2. The van der Waals surface area contributed by atoms with Gasteiger partial charge in [-0.1, -0.05) is 13.8 Å². The number of furan rings is 1. The lowest BCUT2D eigenvalue weighted by atomic mass is 10.0. The number of carbonyl (C=O) groups excluding carboxylic acids is 2. The second-order valence-electron chi connectivity index (χ2n) is 6.74. The summed E-state index contributed by atoms with van der Waals surface area (Å²) >= 11 is 0. The van der Waals surface area contributed by atoms with Gasteiger partial charge in [0.05, 0.1) is 17.8 Å². The average molecular weight is 404 g/mol. The van der Waals surface area contributed by atoms with Crippen molar-refractivity contribution in [2.75, 3.05) is 6.79 Å². The van der Waals surface area contributed by atoms with Crippen LogP contribution < -0.4 is 10.1 Å². The summed E-state index contributed by atoms with van der Waals surface area (Å²) in [6.07, 6.45) is 1.35. The van der Waals surface area contributed by atoms with Gasteiger partial charge in [-0.05, 0) is 18.1 Å². The molecule has 0 bridgehead atoms. The van der Waals surface area contributed by atoms with Gasteiger partial charge in [0.2, 0.25) is 0 Å². The maximum atomic E-state index is 12.6. The van der Waals surface area contributed by atoms with E-state index in [9.17, 15) is 19.7 Å². The van der Waals surface area contributed by atoms with Crippen LogP contribution in [0.4, 0.5) is 5.69 Å². The maximum Gasteiger partial charge on any atom is 0.329 e. The Morgan fingerprint density at radius 1 is 1.34 bits per heavy atom. The van der Waals surface area contributed by atoms with Crippen LogP contribution in [0.15, 0.2) is 34.9 Å². The molecular formula is C19H20N2O8. The molecule has 0 aliphatic carbocycles. The van der Waals surface area contributed by atoms with Crippen molar-refractivity contribution in [3.05, 3.63) is 57.5 Å². The number of nitrogens with one attached hydrogen (secondary N) is 1. The molecule has 0 saturated carbocycles. The molecule has 1 aromatic heterocycles. The van der Waals surface area contributed by atoms with Crippen molar-refractivity contribution in [1.29, 1.82) is 0 Å². The van der Waals surface area contributed by atoms with Crippen LogP contribution in [0.1, 0.15) is 35.5 Å². The second kappa shape index (κ2) is 8.74. The zero-order chi connectivity index (χ0) is 21.0. The summed E-state index contributed by atoms with van der Waals surface area (Å²) < 4.78 is 20.9. The van der Waals surface area contributed by atoms with E-state index in [2.05, 4.69) is 5.32 Å². The molecule has 1 amide bonds. The molecule has 3 rings (SSSR count). The van der Waals surface area contributed by atoms with Crippen LogP contribution in [0, 0.1) is 16.0 Å². The van der Waals surface area contributed by atoms with Crippen molar-refractivity contribution in [2.45, 2.75) is 33.1 Å². The highest BCUT2D eigenvalue weighted by Crippen LogP contribution is 2.33. The van der Waals surface area contributed by atoms with Gasteiger partial charge in [-0.2, -0.15) is 0 Å². The maximum absolute atomic E-state index is 12.6. The Hall–Kier alpha value is -3.40. The molecule has 0 fully saturated rings. The minimum Gasteiger partial charge on any atom is -0.467 e. The molecule has 10 heteroatoms. The summed E-state index contributed by atoms with van der Waals surface area (Å²) in [5.41, 5.74) is 0.698. The lowest BCUT2D eigenvalue weighted by Gasteiger charge is -2.22. The monoisotopic (exact) mass is 404 g/mol. The van der Waals surface area contributed by atoms with Crippen molar-refractivity contribution in [3.63, 3.8) is 0 Å². The summed E-state index contributed by atoms with van der Waals surface area (Å²) in [6, 6.07) is 4.77. The minimum atomic E-state index is -0.925. The third-order valence-corrected chi connectivity index (χ3v) is 4.30. The molecule has 10 nitrogen and oxygen atoms in total. The van der Waals surface area contributed by atoms with E-state index in [0.717, 1.165) is 0 Å². The number of hydrogen-bond acceptors (Lipinski definition) is 8. The van der Waals surface area contributed by atoms with Crippen LogP contribution in [0.5, 0.6) is 5.75 Å². The van der Waals surface area contributed by atoms with E-state index in [1.165, 1.54) is 24.5 Å². The molecule has 1 atom stereocenters. The van der Waals surface area contributed by atoms with Gasteiger partial charge in [-0.25, -0.2) is 4.79 Å². The molecule has 0 radical (unpaired) electrons. The van der Waals surface area contributed by atoms with Crippen LogP contribution in [0.25, 0.3) is 0 Å². The summed E-state index contributed by atoms with van der Waals surface area (Å²) in [5, 5.41) is 13.7. The normalized spacial score (nSPS) is 13.9. The van der Waals surface area contributed by atoms with E-state index < -0.39 is 22.8 Å². The highest BCUT2D eigenvalue weighted by molar-refractivity contribution is 5.94. The summed E-state index contributed by atoms with van der Waals surface area (Å²) in [4.78, 5) is 35.4. The quantitative estimate of drug-likeness (QED) is 0.423. The number of amides is 1. The van der Waals surface area contributed by atoms with Crippen molar-refractivity contribution in [2.24, 2.45) is 5.92 Å². The molecule has 2 aromatic rings. The molecule has 0 unspecified atom stereocenters. The molecule has 1 aliphatic rings. The number of carbonyl (C=O) groups is 2. The van der Waals surface area contributed by atoms with Crippen LogP contribution in [0.2, 0.25) is 0 Å².